The van der Waals surface area contributed by atoms with Crippen molar-refractivity contribution in [3.63, 3.8) is 0 Å². The number of hydrogen-bond acceptors (Lipinski definition) is 4. The van der Waals surface area contributed by atoms with Crippen molar-refractivity contribution >= 4 is 34.7 Å². The molecule has 4 nitrogen and oxygen atoms in total. The van der Waals surface area contributed by atoms with E-state index in [2.05, 4.69) is 4.98 Å². The van der Waals surface area contributed by atoms with Crippen molar-refractivity contribution in [2.75, 3.05) is 4.90 Å². The molecule has 0 radical (unpaired) electrons. The van der Waals surface area contributed by atoms with E-state index < -0.39 is 0 Å². The number of carbonyl (C=O) groups is 2. The van der Waals surface area contributed by atoms with Crippen LogP contribution in [-0.4, -0.2) is 16.1 Å². The minimum atomic E-state index is -0.286. The minimum Gasteiger partial charge on any atom is -0.268 e. The Morgan fingerprint density at radius 3 is 2.38 bits per heavy atom. The normalized spacial score (nSPS) is 16.8. The number of thioether (sulfide) groups is 1. The zero-order valence-corrected chi connectivity index (χ0v) is 12.1. The molecule has 0 N–H and O–H groups in total. The summed E-state index contributed by atoms with van der Waals surface area (Å²) >= 11 is 0.954. The maximum Gasteiger partial charge on any atom is 0.298 e. The van der Waals surface area contributed by atoms with Crippen molar-refractivity contribution in [1.29, 1.82) is 0 Å². The molecule has 1 fully saturated rings. The summed E-state index contributed by atoms with van der Waals surface area (Å²) in [6.45, 7) is 1.96. The summed E-state index contributed by atoms with van der Waals surface area (Å²) in [7, 11) is 0. The summed E-state index contributed by atoms with van der Waals surface area (Å²) in [5, 5.41) is -0.274. The highest BCUT2D eigenvalue weighted by Crippen LogP contribution is 2.35. The minimum absolute atomic E-state index is 0.274. The van der Waals surface area contributed by atoms with E-state index in [1.54, 1.807) is 42.7 Å². The molecule has 0 bridgehead atoms. The highest BCUT2D eigenvalue weighted by molar-refractivity contribution is 8.19. The van der Waals surface area contributed by atoms with Crippen LogP contribution in [-0.2, 0) is 4.79 Å². The molecule has 0 spiro atoms. The van der Waals surface area contributed by atoms with Crippen LogP contribution in [0.25, 0.3) is 6.08 Å². The van der Waals surface area contributed by atoms with Gasteiger partial charge < -0.3 is 0 Å². The Labute approximate surface area is 126 Å². The Bertz CT molecular complexity index is 724. The molecule has 0 unspecified atom stereocenters. The number of amides is 2. The molecular formula is C16H12N2O2S. The predicted octanol–water partition coefficient (Wildman–Crippen LogP) is 3.63. The van der Waals surface area contributed by atoms with E-state index in [1.807, 2.05) is 19.1 Å². The number of aromatic nitrogens is 1. The second kappa shape index (κ2) is 5.54. The van der Waals surface area contributed by atoms with Crippen molar-refractivity contribution in [1.82, 2.24) is 4.98 Å². The van der Waals surface area contributed by atoms with Gasteiger partial charge in [0.25, 0.3) is 11.1 Å². The lowest BCUT2D eigenvalue weighted by Crippen LogP contribution is -2.27. The fourth-order valence-corrected chi connectivity index (χ4v) is 2.84. The van der Waals surface area contributed by atoms with Crippen LogP contribution < -0.4 is 4.90 Å². The van der Waals surface area contributed by atoms with Crippen LogP contribution in [0.1, 0.15) is 11.1 Å². The van der Waals surface area contributed by atoms with E-state index in [1.165, 1.54) is 4.90 Å². The Kier molecular flexibility index (Phi) is 3.58. The van der Waals surface area contributed by atoms with Gasteiger partial charge in [0.2, 0.25) is 0 Å². The molecule has 2 amide bonds. The van der Waals surface area contributed by atoms with Gasteiger partial charge in [-0.1, -0.05) is 17.7 Å². The molecule has 2 aromatic rings. The molecule has 0 atom stereocenters. The van der Waals surface area contributed by atoms with Crippen LogP contribution in [0.2, 0.25) is 0 Å². The lowest BCUT2D eigenvalue weighted by molar-refractivity contribution is -0.113. The number of aryl methyl sites for hydroxylation is 1. The highest BCUT2D eigenvalue weighted by Gasteiger charge is 2.36. The number of benzene rings is 1. The Morgan fingerprint density at radius 1 is 1.05 bits per heavy atom. The van der Waals surface area contributed by atoms with Crippen LogP contribution in [0.4, 0.5) is 10.5 Å². The SMILES string of the molecule is Cc1ccc(N2C(=O)S/C(=C\c3ccncc3)C2=O)cc1. The van der Waals surface area contributed by atoms with E-state index in [0.717, 1.165) is 22.9 Å². The number of pyridine rings is 1. The first-order chi connectivity index (χ1) is 10.1. The molecule has 1 aliphatic rings. The molecule has 0 aliphatic carbocycles. The maximum absolute atomic E-state index is 12.4. The van der Waals surface area contributed by atoms with Crippen molar-refractivity contribution in [3.8, 4) is 0 Å². The first kappa shape index (κ1) is 13.6. The summed E-state index contributed by atoms with van der Waals surface area (Å²) in [5.74, 6) is -0.286. The summed E-state index contributed by atoms with van der Waals surface area (Å²) in [6.07, 6.45) is 5.01. The Morgan fingerprint density at radius 2 is 1.71 bits per heavy atom. The van der Waals surface area contributed by atoms with Gasteiger partial charge in [0, 0.05) is 12.4 Å². The molecular weight excluding hydrogens is 284 g/mol. The molecule has 104 valence electrons. The van der Waals surface area contributed by atoms with Gasteiger partial charge in [-0.25, -0.2) is 4.90 Å². The fourth-order valence-electron chi connectivity index (χ4n) is 2.00. The molecule has 1 aromatic carbocycles. The first-order valence-electron chi connectivity index (χ1n) is 6.40. The molecule has 21 heavy (non-hydrogen) atoms. The van der Waals surface area contributed by atoms with Crippen molar-refractivity contribution in [2.45, 2.75) is 6.92 Å². The van der Waals surface area contributed by atoms with Gasteiger partial charge in [0.1, 0.15) is 0 Å². The third kappa shape index (κ3) is 2.73. The Hall–Kier alpha value is -2.40. The summed E-state index contributed by atoms with van der Waals surface area (Å²) in [4.78, 5) is 30.0. The van der Waals surface area contributed by atoms with Crippen LogP contribution in [0.3, 0.4) is 0 Å². The van der Waals surface area contributed by atoms with E-state index in [4.69, 9.17) is 0 Å². The second-order valence-electron chi connectivity index (χ2n) is 4.63. The van der Waals surface area contributed by atoms with Crippen LogP contribution >= 0.6 is 11.8 Å². The van der Waals surface area contributed by atoms with E-state index in [9.17, 15) is 9.59 Å². The standard InChI is InChI=1S/C16H12N2O2S/c1-11-2-4-13(5-3-11)18-15(19)14(21-16(18)20)10-12-6-8-17-9-7-12/h2-10H,1H3/b14-10-. The number of imide groups is 1. The number of anilines is 1. The van der Waals surface area contributed by atoms with Crippen LogP contribution in [0, 0.1) is 6.92 Å². The topological polar surface area (TPSA) is 50.3 Å². The van der Waals surface area contributed by atoms with Gasteiger partial charge in [-0.15, -0.1) is 0 Å². The van der Waals surface area contributed by atoms with Crippen LogP contribution in [0.5, 0.6) is 0 Å². The molecule has 3 rings (SSSR count). The Balaban J connectivity index is 1.92. The average Bonchev–Trinajstić information content (AvgIpc) is 2.76. The van der Waals surface area contributed by atoms with Gasteiger partial charge in [0.15, 0.2) is 0 Å². The van der Waals surface area contributed by atoms with Gasteiger partial charge >= 0.3 is 0 Å². The van der Waals surface area contributed by atoms with Crippen molar-refractivity contribution in [2.24, 2.45) is 0 Å². The largest absolute Gasteiger partial charge is 0.298 e. The maximum atomic E-state index is 12.4. The first-order valence-corrected chi connectivity index (χ1v) is 7.21. The third-order valence-electron chi connectivity index (χ3n) is 3.09. The number of carbonyl (C=O) groups excluding carboxylic acids is 2. The average molecular weight is 296 g/mol. The van der Waals surface area contributed by atoms with E-state index in [0.29, 0.717) is 10.6 Å². The molecule has 1 saturated heterocycles. The molecule has 0 saturated carbocycles. The second-order valence-corrected chi connectivity index (χ2v) is 5.63. The number of hydrogen-bond donors (Lipinski definition) is 0. The zero-order valence-electron chi connectivity index (χ0n) is 11.3. The van der Waals surface area contributed by atoms with E-state index >= 15 is 0 Å². The smallest absolute Gasteiger partial charge is 0.268 e. The van der Waals surface area contributed by atoms with Crippen LogP contribution in [0.15, 0.2) is 53.7 Å². The number of nitrogens with zero attached hydrogens (tertiary/aromatic N) is 2. The highest BCUT2D eigenvalue weighted by atomic mass is 32.2. The van der Waals surface area contributed by atoms with E-state index in [-0.39, 0.29) is 11.1 Å². The van der Waals surface area contributed by atoms with Crippen molar-refractivity contribution in [3.05, 3.63) is 64.8 Å². The summed E-state index contributed by atoms with van der Waals surface area (Å²) < 4.78 is 0. The molecule has 1 aromatic heterocycles. The molecule has 1 aliphatic heterocycles. The monoisotopic (exact) mass is 296 g/mol. The molecule has 5 heteroatoms. The summed E-state index contributed by atoms with van der Waals surface area (Å²) in [6, 6.07) is 10.9. The quantitative estimate of drug-likeness (QED) is 0.794. The zero-order chi connectivity index (χ0) is 14.8. The van der Waals surface area contributed by atoms with Gasteiger partial charge in [-0.3, -0.25) is 14.6 Å². The van der Waals surface area contributed by atoms with Crippen molar-refractivity contribution < 1.29 is 9.59 Å². The third-order valence-corrected chi connectivity index (χ3v) is 3.96. The fraction of sp³-hybridized carbons (Fsp3) is 0.0625. The van der Waals surface area contributed by atoms with Gasteiger partial charge in [0.05, 0.1) is 10.6 Å². The van der Waals surface area contributed by atoms with Gasteiger partial charge in [-0.05, 0) is 54.6 Å². The lowest BCUT2D eigenvalue weighted by atomic mass is 10.2. The number of rotatable bonds is 2. The van der Waals surface area contributed by atoms with Gasteiger partial charge in [-0.2, -0.15) is 0 Å². The lowest BCUT2D eigenvalue weighted by Gasteiger charge is -2.12. The predicted molar refractivity (Wildman–Crippen MR) is 83.9 cm³/mol. The molecule has 2 heterocycles. The summed E-state index contributed by atoms with van der Waals surface area (Å²) in [5.41, 5.74) is 2.53.